The van der Waals surface area contributed by atoms with Crippen molar-refractivity contribution in [1.82, 2.24) is 4.37 Å². The van der Waals surface area contributed by atoms with Crippen molar-refractivity contribution >= 4 is 27.6 Å². The van der Waals surface area contributed by atoms with Crippen LogP contribution in [0.2, 0.25) is 0 Å². The minimum Gasteiger partial charge on any atom is -0.478 e. The van der Waals surface area contributed by atoms with Crippen molar-refractivity contribution in [2.24, 2.45) is 0 Å². The van der Waals surface area contributed by atoms with Gasteiger partial charge in [-0.05, 0) is 23.7 Å². The van der Waals surface area contributed by atoms with E-state index in [0.29, 0.717) is 5.56 Å². The number of nitrogens with zero attached hydrogens (tertiary/aromatic N) is 1. The van der Waals surface area contributed by atoms with Crippen LogP contribution in [-0.2, 0) is 0 Å². The van der Waals surface area contributed by atoms with Gasteiger partial charge in [-0.2, -0.15) is 4.37 Å². The largest absolute Gasteiger partial charge is 0.478 e. The zero-order valence-corrected chi connectivity index (χ0v) is 6.84. The number of carbonyl (C=O) groups is 1. The second-order valence-corrected chi connectivity index (χ2v) is 3.18. The summed E-state index contributed by atoms with van der Waals surface area (Å²) in [5.41, 5.74) is 0.321. The van der Waals surface area contributed by atoms with E-state index in [-0.39, 0.29) is 0 Å². The van der Waals surface area contributed by atoms with Crippen molar-refractivity contribution in [2.45, 2.75) is 0 Å². The van der Waals surface area contributed by atoms with Crippen LogP contribution in [0.4, 0.5) is 0 Å². The number of carboxylic acid groups (broad SMARTS) is 1. The van der Waals surface area contributed by atoms with Gasteiger partial charge in [0.15, 0.2) is 0 Å². The summed E-state index contributed by atoms with van der Waals surface area (Å²) in [6.07, 6.45) is 1.59. The maximum absolute atomic E-state index is 10.7. The molecule has 0 saturated heterocycles. The Morgan fingerprint density at radius 3 is 3.08 bits per heavy atom. The smallest absolute Gasteiger partial charge is 0.336 e. The van der Waals surface area contributed by atoms with Gasteiger partial charge >= 0.3 is 5.97 Å². The van der Waals surface area contributed by atoms with E-state index in [1.54, 1.807) is 18.3 Å². The van der Waals surface area contributed by atoms with Crippen LogP contribution in [0.25, 0.3) is 10.1 Å². The lowest BCUT2D eigenvalue weighted by molar-refractivity contribution is 0.0699. The molecule has 1 aromatic heterocycles. The van der Waals surface area contributed by atoms with E-state index >= 15 is 0 Å². The zero-order chi connectivity index (χ0) is 8.55. The van der Waals surface area contributed by atoms with Gasteiger partial charge in [0.2, 0.25) is 0 Å². The number of hydrogen-bond donors (Lipinski definition) is 1. The summed E-state index contributed by atoms with van der Waals surface area (Å²) < 4.78 is 4.83. The average molecular weight is 179 g/mol. The maximum atomic E-state index is 10.7. The molecule has 0 spiro atoms. The third-order valence-electron chi connectivity index (χ3n) is 1.63. The zero-order valence-electron chi connectivity index (χ0n) is 6.02. The van der Waals surface area contributed by atoms with Gasteiger partial charge in [0.25, 0.3) is 0 Å². The summed E-state index contributed by atoms with van der Waals surface area (Å²) in [4.78, 5) is 10.7. The number of rotatable bonds is 1. The molecule has 3 nitrogen and oxygen atoms in total. The monoisotopic (exact) mass is 179 g/mol. The van der Waals surface area contributed by atoms with Gasteiger partial charge in [-0.1, -0.05) is 6.07 Å². The van der Waals surface area contributed by atoms with Gasteiger partial charge in [0.1, 0.15) is 0 Å². The Balaban J connectivity index is 2.82. The van der Waals surface area contributed by atoms with Crippen LogP contribution in [0.5, 0.6) is 0 Å². The molecule has 0 fully saturated rings. The lowest BCUT2D eigenvalue weighted by atomic mass is 10.1. The van der Waals surface area contributed by atoms with Crippen molar-refractivity contribution in [3.05, 3.63) is 30.0 Å². The first-order valence-electron chi connectivity index (χ1n) is 3.36. The van der Waals surface area contributed by atoms with Crippen LogP contribution < -0.4 is 0 Å². The molecule has 0 unspecified atom stereocenters. The van der Waals surface area contributed by atoms with E-state index in [0.717, 1.165) is 10.1 Å². The van der Waals surface area contributed by atoms with Crippen LogP contribution in [0.1, 0.15) is 10.4 Å². The molecule has 0 saturated carbocycles. The molecule has 4 heteroatoms. The molecule has 60 valence electrons. The molecular weight excluding hydrogens is 174 g/mol. The normalized spacial score (nSPS) is 10.3. The second-order valence-electron chi connectivity index (χ2n) is 2.35. The Bertz CT molecular complexity index is 435. The minimum absolute atomic E-state index is 0.321. The van der Waals surface area contributed by atoms with E-state index in [9.17, 15) is 4.79 Å². The van der Waals surface area contributed by atoms with E-state index in [4.69, 9.17) is 5.11 Å². The molecule has 0 aliphatic rings. The molecule has 0 radical (unpaired) electrons. The molecule has 1 heterocycles. The van der Waals surface area contributed by atoms with Gasteiger partial charge in [-0.3, -0.25) is 0 Å². The van der Waals surface area contributed by atoms with Crippen LogP contribution in [0, 0.1) is 0 Å². The highest BCUT2D eigenvalue weighted by Crippen LogP contribution is 2.21. The topological polar surface area (TPSA) is 50.2 Å². The summed E-state index contributed by atoms with van der Waals surface area (Å²) in [5, 5.41) is 9.50. The maximum Gasteiger partial charge on any atom is 0.336 e. The van der Waals surface area contributed by atoms with Crippen LogP contribution in [0.15, 0.2) is 24.4 Å². The lowest BCUT2D eigenvalue weighted by Gasteiger charge is -1.93. The molecule has 0 aliphatic heterocycles. The predicted octanol–water partition coefficient (Wildman–Crippen LogP) is 1.99. The first-order valence-corrected chi connectivity index (χ1v) is 4.13. The fraction of sp³-hybridized carbons (Fsp3) is 0. The molecule has 2 rings (SSSR count). The molecule has 2 aromatic rings. The van der Waals surface area contributed by atoms with E-state index in [2.05, 4.69) is 4.37 Å². The van der Waals surface area contributed by atoms with E-state index in [1.807, 2.05) is 6.07 Å². The third kappa shape index (κ3) is 0.967. The SMILES string of the molecule is O=C(O)c1cccc2sncc12. The number of fused-ring (bicyclic) bond motifs is 1. The van der Waals surface area contributed by atoms with Crippen LogP contribution >= 0.6 is 11.5 Å². The Labute approximate surface area is 72.4 Å². The Hall–Kier alpha value is -1.42. The van der Waals surface area contributed by atoms with Crippen molar-refractivity contribution in [3.8, 4) is 0 Å². The molecule has 0 aliphatic carbocycles. The molecule has 1 N–H and O–H groups in total. The van der Waals surface area contributed by atoms with E-state index < -0.39 is 5.97 Å². The third-order valence-corrected chi connectivity index (χ3v) is 2.39. The number of aromatic carboxylic acids is 1. The van der Waals surface area contributed by atoms with Gasteiger partial charge in [0.05, 0.1) is 10.3 Å². The molecule has 12 heavy (non-hydrogen) atoms. The number of aromatic nitrogens is 1. The van der Waals surface area contributed by atoms with Crippen LogP contribution in [-0.4, -0.2) is 15.4 Å². The highest BCUT2D eigenvalue weighted by Gasteiger charge is 2.08. The quantitative estimate of drug-likeness (QED) is 0.728. The second kappa shape index (κ2) is 2.57. The van der Waals surface area contributed by atoms with Crippen molar-refractivity contribution < 1.29 is 9.90 Å². The standard InChI is InChI=1S/C8H5NO2S/c10-8(11)5-2-1-3-7-6(5)4-9-12-7/h1-4H,(H,10,11). The first-order chi connectivity index (χ1) is 5.79. The van der Waals surface area contributed by atoms with Gasteiger partial charge < -0.3 is 5.11 Å². The number of hydrogen-bond acceptors (Lipinski definition) is 3. The van der Waals surface area contributed by atoms with Crippen molar-refractivity contribution in [2.75, 3.05) is 0 Å². The summed E-state index contributed by atoms with van der Waals surface area (Å²) in [6, 6.07) is 5.17. The minimum atomic E-state index is -0.902. The lowest BCUT2D eigenvalue weighted by Crippen LogP contribution is -1.95. The summed E-state index contributed by atoms with van der Waals surface area (Å²) in [5.74, 6) is -0.902. The highest BCUT2D eigenvalue weighted by molar-refractivity contribution is 7.13. The number of carboxylic acids is 1. The molecule has 0 bridgehead atoms. The van der Waals surface area contributed by atoms with Gasteiger partial charge in [-0.15, -0.1) is 0 Å². The molecule has 1 aromatic carbocycles. The highest BCUT2D eigenvalue weighted by atomic mass is 32.1. The predicted molar refractivity (Wildman–Crippen MR) is 46.6 cm³/mol. The fourth-order valence-electron chi connectivity index (χ4n) is 1.08. The molecule has 0 amide bonds. The average Bonchev–Trinajstić information content (AvgIpc) is 2.49. The summed E-state index contributed by atoms with van der Waals surface area (Å²) in [7, 11) is 0. The van der Waals surface area contributed by atoms with Gasteiger partial charge in [-0.25, -0.2) is 4.79 Å². The summed E-state index contributed by atoms with van der Waals surface area (Å²) in [6.45, 7) is 0. The van der Waals surface area contributed by atoms with E-state index in [1.165, 1.54) is 11.5 Å². The summed E-state index contributed by atoms with van der Waals surface area (Å²) >= 11 is 1.31. The fourth-order valence-corrected chi connectivity index (χ4v) is 1.75. The van der Waals surface area contributed by atoms with Crippen molar-refractivity contribution in [3.63, 3.8) is 0 Å². The Kier molecular flexibility index (Phi) is 1.55. The first kappa shape index (κ1) is 7.24. The molecular formula is C8H5NO2S. The molecule has 0 atom stereocenters. The Morgan fingerprint density at radius 1 is 1.50 bits per heavy atom. The Morgan fingerprint density at radius 2 is 2.33 bits per heavy atom. The van der Waals surface area contributed by atoms with Crippen molar-refractivity contribution in [1.29, 1.82) is 0 Å². The van der Waals surface area contributed by atoms with Crippen LogP contribution in [0.3, 0.4) is 0 Å². The van der Waals surface area contributed by atoms with Gasteiger partial charge in [0, 0.05) is 11.6 Å². The number of benzene rings is 1.